The second-order valence-electron chi connectivity index (χ2n) is 6.01. The van der Waals surface area contributed by atoms with Crippen molar-refractivity contribution < 1.29 is 0 Å². The summed E-state index contributed by atoms with van der Waals surface area (Å²) in [6.45, 7) is 7.16. The summed E-state index contributed by atoms with van der Waals surface area (Å²) < 4.78 is 0. The van der Waals surface area contributed by atoms with Crippen molar-refractivity contribution in [3.8, 4) is 11.3 Å². The summed E-state index contributed by atoms with van der Waals surface area (Å²) in [6, 6.07) is 20.9. The van der Waals surface area contributed by atoms with Gasteiger partial charge in [-0.3, -0.25) is 4.98 Å². The average Bonchev–Trinajstić information content (AvgIpc) is 2.55. The van der Waals surface area contributed by atoms with E-state index in [9.17, 15) is 0 Å². The van der Waals surface area contributed by atoms with E-state index in [0.29, 0.717) is 0 Å². The largest absolute Gasteiger partial charge is 0.379 e. The van der Waals surface area contributed by atoms with E-state index >= 15 is 0 Å². The zero-order chi connectivity index (χ0) is 16.2. The summed E-state index contributed by atoms with van der Waals surface area (Å²) in [5, 5.41) is 3.54. The third-order valence-corrected chi connectivity index (χ3v) is 4.00. The molecular weight excluding hydrogens is 280 g/mol. The van der Waals surface area contributed by atoms with Crippen molar-refractivity contribution in [2.75, 3.05) is 5.32 Å². The molecule has 0 saturated carbocycles. The summed E-state index contributed by atoms with van der Waals surface area (Å²) in [6.07, 6.45) is 0. The van der Waals surface area contributed by atoms with Crippen LogP contribution in [0.5, 0.6) is 0 Å². The topological polar surface area (TPSA) is 24.9 Å². The molecule has 0 saturated heterocycles. The Balaban J connectivity index is 1.80. The molecule has 0 atom stereocenters. The lowest BCUT2D eigenvalue weighted by Gasteiger charge is -2.14. The lowest BCUT2D eigenvalue weighted by Crippen LogP contribution is -2.05. The minimum atomic E-state index is 0.728. The number of nitrogens with one attached hydrogen (secondary N) is 1. The molecule has 1 heterocycles. The van der Waals surface area contributed by atoms with E-state index in [2.05, 4.69) is 68.6 Å². The van der Waals surface area contributed by atoms with Gasteiger partial charge in [-0.2, -0.15) is 0 Å². The molecule has 0 aliphatic rings. The Morgan fingerprint density at radius 2 is 1.52 bits per heavy atom. The van der Waals surface area contributed by atoms with Crippen molar-refractivity contribution in [3.05, 3.63) is 83.0 Å². The maximum absolute atomic E-state index is 4.77. The molecule has 0 aliphatic heterocycles. The molecule has 0 spiro atoms. The second kappa shape index (κ2) is 6.66. The van der Waals surface area contributed by atoms with Gasteiger partial charge in [0.2, 0.25) is 0 Å². The van der Waals surface area contributed by atoms with Gasteiger partial charge in [0.25, 0.3) is 0 Å². The molecule has 1 aromatic heterocycles. The van der Waals surface area contributed by atoms with Gasteiger partial charge in [0.15, 0.2) is 0 Å². The molecule has 0 unspecified atom stereocenters. The Morgan fingerprint density at radius 1 is 0.826 bits per heavy atom. The minimum Gasteiger partial charge on any atom is -0.379 e. The molecule has 0 radical (unpaired) electrons. The number of rotatable bonds is 4. The predicted octanol–water partition coefficient (Wildman–Crippen LogP) is 5.29. The van der Waals surface area contributed by atoms with Crippen molar-refractivity contribution in [1.82, 2.24) is 4.98 Å². The van der Waals surface area contributed by atoms with Gasteiger partial charge in [-0.25, -0.2) is 0 Å². The van der Waals surface area contributed by atoms with Gasteiger partial charge >= 0.3 is 0 Å². The van der Waals surface area contributed by atoms with Crippen LogP contribution in [0.15, 0.2) is 60.7 Å². The Bertz CT molecular complexity index is 784. The van der Waals surface area contributed by atoms with Crippen LogP contribution < -0.4 is 5.32 Å². The van der Waals surface area contributed by atoms with Crippen molar-refractivity contribution in [1.29, 1.82) is 0 Å². The number of pyridine rings is 1. The van der Waals surface area contributed by atoms with Gasteiger partial charge in [-0.15, -0.1) is 0 Å². The lowest BCUT2D eigenvalue weighted by atomic mass is 10.1. The highest BCUT2D eigenvalue weighted by Crippen LogP contribution is 2.23. The Morgan fingerprint density at radius 3 is 2.22 bits per heavy atom. The van der Waals surface area contributed by atoms with Gasteiger partial charge in [0.1, 0.15) is 0 Å². The fourth-order valence-electron chi connectivity index (χ4n) is 2.99. The first-order chi connectivity index (χ1) is 11.1. The van der Waals surface area contributed by atoms with Crippen LogP contribution in [0.3, 0.4) is 0 Å². The van der Waals surface area contributed by atoms with Gasteiger partial charge < -0.3 is 5.32 Å². The Labute approximate surface area is 138 Å². The third-order valence-electron chi connectivity index (χ3n) is 4.00. The van der Waals surface area contributed by atoms with Crippen molar-refractivity contribution in [2.45, 2.75) is 27.3 Å². The highest BCUT2D eigenvalue weighted by molar-refractivity contribution is 5.60. The summed E-state index contributed by atoms with van der Waals surface area (Å²) in [4.78, 5) is 4.77. The molecule has 0 bridgehead atoms. The fraction of sp³-hybridized carbons (Fsp3) is 0.190. The molecule has 2 nitrogen and oxygen atoms in total. The molecule has 3 aromatic rings. The molecule has 0 aliphatic carbocycles. The Hall–Kier alpha value is -2.61. The second-order valence-corrected chi connectivity index (χ2v) is 6.01. The highest BCUT2D eigenvalue weighted by atomic mass is 14.9. The van der Waals surface area contributed by atoms with E-state index in [4.69, 9.17) is 4.98 Å². The van der Waals surface area contributed by atoms with Crippen LogP contribution >= 0.6 is 0 Å². The number of aromatic nitrogens is 1. The van der Waals surface area contributed by atoms with Crippen LogP contribution in [0.25, 0.3) is 11.3 Å². The molecule has 0 amide bonds. The monoisotopic (exact) mass is 302 g/mol. The third kappa shape index (κ3) is 3.59. The SMILES string of the molecule is Cc1cc(C)c(NCc2cccc(-c3ccccc3)n2)c(C)c1. The number of aryl methyl sites for hydroxylation is 3. The van der Waals surface area contributed by atoms with Gasteiger partial charge in [-0.1, -0.05) is 54.1 Å². The average molecular weight is 302 g/mol. The zero-order valence-corrected chi connectivity index (χ0v) is 13.9. The zero-order valence-electron chi connectivity index (χ0n) is 13.9. The molecule has 3 rings (SSSR count). The minimum absolute atomic E-state index is 0.728. The van der Waals surface area contributed by atoms with E-state index in [1.807, 2.05) is 18.2 Å². The van der Waals surface area contributed by atoms with Crippen LogP contribution in [-0.2, 0) is 6.54 Å². The molecule has 116 valence electrons. The smallest absolute Gasteiger partial charge is 0.0706 e. The van der Waals surface area contributed by atoms with Crippen LogP contribution in [0.2, 0.25) is 0 Å². The fourth-order valence-corrected chi connectivity index (χ4v) is 2.99. The molecule has 0 fully saturated rings. The number of hydrogen-bond acceptors (Lipinski definition) is 2. The van der Waals surface area contributed by atoms with E-state index < -0.39 is 0 Å². The maximum Gasteiger partial charge on any atom is 0.0706 e. The first kappa shape index (κ1) is 15.3. The quantitative estimate of drug-likeness (QED) is 0.708. The first-order valence-corrected chi connectivity index (χ1v) is 7.96. The highest BCUT2D eigenvalue weighted by Gasteiger charge is 2.05. The van der Waals surface area contributed by atoms with Crippen molar-refractivity contribution >= 4 is 5.69 Å². The van der Waals surface area contributed by atoms with E-state index in [0.717, 1.165) is 23.5 Å². The molecular formula is C21H22N2. The standard InChI is InChI=1S/C21H22N2/c1-15-12-16(2)21(17(3)13-15)22-14-19-10-7-11-20(23-19)18-8-5-4-6-9-18/h4-13,22H,14H2,1-3H3. The van der Waals surface area contributed by atoms with Gasteiger partial charge in [0.05, 0.1) is 17.9 Å². The number of benzene rings is 2. The number of anilines is 1. The normalized spacial score (nSPS) is 10.6. The maximum atomic E-state index is 4.77. The summed E-state index contributed by atoms with van der Waals surface area (Å²) in [5.41, 5.74) is 8.28. The van der Waals surface area contributed by atoms with Crippen LogP contribution in [-0.4, -0.2) is 4.98 Å². The first-order valence-electron chi connectivity index (χ1n) is 7.96. The molecule has 2 heteroatoms. The van der Waals surface area contributed by atoms with Gasteiger partial charge in [-0.05, 0) is 44.0 Å². The van der Waals surface area contributed by atoms with E-state index in [1.165, 1.54) is 22.4 Å². The molecule has 23 heavy (non-hydrogen) atoms. The number of hydrogen-bond donors (Lipinski definition) is 1. The van der Waals surface area contributed by atoms with E-state index in [1.54, 1.807) is 0 Å². The lowest BCUT2D eigenvalue weighted by molar-refractivity contribution is 1.04. The summed E-state index contributed by atoms with van der Waals surface area (Å²) in [7, 11) is 0. The van der Waals surface area contributed by atoms with E-state index in [-0.39, 0.29) is 0 Å². The van der Waals surface area contributed by atoms with Crippen molar-refractivity contribution in [2.24, 2.45) is 0 Å². The van der Waals surface area contributed by atoms with Crippen LogP contribution in [0, 0.1) is 20.8 Å². The van der Waals surface area contributed by atoms with Crippen molar-refractivity contribution in [3.63, 3.8) is 0 Å². The Kier molecular flexibility index (Phi) is 4.42. The van der Waals surface area contributed by atoms with Crippen LogP contribution in [0.4, 0.5) is 5.69 Å². The summed E-state index contributed by atoms with van der Waals surface area (Å²) >= 11 is 0. The molecule has 1 N–H and O–H groups in total. The van der Waals surface area contributed by atoms with Gasteiger partial charge in [0, 0.05) is 11.3 Å². The molecule has 2 aromatic carbocycles. The summed E-state index contributed by atoms with van der Waals surface area (Å²) in [5.74, 6) is 0. The van der Waals surface area contributed by atoms with Crippen LogP contribution in [0.1, 0.15) is 22.4 Å². The predicted molar refractivity (Wildman–Crippen MR) is 97.7 cm³/mol. The number of nitrogens with zero attached hydrogens (tertiary/aromatic N) is 1.